The number of furan rings is 1. The molecule has 0 saturated heterocycles. The standard InChI is InChI=1S/C74H70B2N3O/c1-70(2,3)46-30-34-58(52(40-46)45-22-13-12-14-23-45)78-63-44-49(79-59-35-31-47(71(4,5)6)41-53(59)73(10)38-19-20-39-74(73,79)11)43-62-68(63)76(56-33-37-65-67(69(56)78)51-25-16-18-29-64(51)80-65)57-42-48(72(7,8)9)32-36-60(57)77(62)61-28-21-27-55-66(61)50-24-15-17-26-54(50)75-55/h12-18,21-37,40-44H,19-20,38-39H2,1-11H3. The largest absolute Gasteiger partial charge is 0.456 e. The second-order valence-electron chi connectivity index (χ2n) is 27.5. The molecule has 15 rings (SSSR count). The van der Waals surface area contributed by atoms with Crippen LogP contribution in [0.5, 0.6) is 0 Å². The molecular formula is C74H70B2N3O. The molecule has 1 saturated carbocycles. The molecule has 4 aliphatic heterocycles. The van der Waals surface area contributed by atoms with E-state index in [0.717, 1.165) is 40.5 Å². The summed E-state index contributed by atoms with van der Waals surface area (Å²) in [6.07, 6.45) is 4.66. The van der Waals surface area contributed by atoms with Crippen molar-refractivity contribution in [1.29, 1.82) is 0 Å². The third kappa shape index (κ3) is 6.96. The highest BCUT2D eigenvalue weighted by atomic mass is 16.3. The molecule has 9 aromatic carbocycles. The van der Waals surface area contributed by atoms with Gasteiger partial charge in [-0.15, -0.1) is 0 Å². The van der Waals surface area contributed by atoms with E-state index in [2.05, 4.69) is 274 Å². The van der Waals surface area contributed by atoms with Crippen molar-refractivity contribution in [2.45, 2.75) is 129 Å². The van der Waals surface area contributed by atoms with Gasteiger partial charge >= 0.3 is 0 Å². The van der Waals surface area contributed by atoms with Gasteiger partial charge in [0, 0.05) is 44.8 Å². The predicted octanol–water partition coefficient (Wildman–Crippen LogP) is 16.6. The summed E-state index contributed by atoms with van der Waals surface area (Å²) in [7, 11) is 2.39. The summed E-state index contributed by atoms with van der Waals surface area (Å²) in [6, 6.07) is 68.0. The maximum atomic E-state index is 6.97. The molecule has 5 aliphatic rings. The minimum atomic E-state index is -0.208. The van der Waals surface area contributed by atoms with E-state index in [1.807, 2.05) is 0 Å². The Balaban J connectivity index is 1.13. The molecule has 5 heterocycles. The second kappa shape index (κ2) is 16.9. The summed E-state index contributed by atoms with van der Waals surface area (Å²) >= 11 is 0. The Morgan fingerprint density at radius 2 is 1.12 bits per heavy atom. The first-order valence-electron chi connectivity index (χ1n) is 29.4. The molecule has 0 amide bonds. The summed E-state index contributed by atoms with van der Waals surface area (Å²) in [4.78, 5) is 8.22. The van der Waals surface area contributed by atoms with E-state index < -0.39 is 0 Å². The summed E-state index contributed by atoms with van der Waals surface area (Å²) in [5, 5.41) is 2.27. The summed E-state index contributed by atoms with van der Waals surface area (Å²) in [5.74, 6) is 0. The van der Waals surface area contributed by atoms with E-state index >= 15 is 0 Å². The fourth-order valence-electron chi connectivity index (χ4n) is 15.2. The highest BCUT2D eigenvalue weighted by molar-refractivity contribution is 7.00. The minimum absolute atomic E-state index is 0.0110. The zero-order chi connectivity index (χ0) is 55.0. The van der Waals surface area contributed by atoms with Crippen molar-refractivity contribution in [2.75, 3.05) is 14.7 Å². The van der Waals surface area contributed by atoms with Crippen molar-refractivity contribution in [1.82, 2.24) is 0 Å². The van der Waals surface area contributed by atoms with Crippen LogP contribution in [0.15, 0.2) is 180 Å². The van der Waals surface area contributed by atoms with Crippen LogP contribution in [0.4, 0.5) is 45.5 Å². The van der Waals surface area contributed by atoms with Gasteiger partial charge in [-0.05, 0) is 146 Å². The molecule has 2 unspecified atom stereocenters. The number of para-hydroxylation sites is 1. The number of hydrogen-bond acceptors (Lipinski definition) is 4. The topological polar surface area (TPSA) is 22.9 Å². The Morgan fingerprint density at radius 1 is 0.487 bits per heavy atom. The summed E-state index contributed by atoms with van der Waals surface area (Å²) in [6.45, 7) is 26.3. The van der Waals surface area contributed by atoms with Gasteiger partial charge in [0.1, 0.15) is 11.2 Å². The normalized spacial score (nSPS) is 18.8. The third-order valence-electron chi connectivity index (χ3n) is 19.7. The summed E-state index contributed by atoms with van der Waals surface area (Å²) in [5.41, 5.74) is 28.0. The average molecular weight is 1040 g/mol. The molecule has 4 nitrogen and oxygen atoms in total. The van der Waals surface area contributed by atoms with Crippen LogP contribution in [-0.2, 0) is 21.7 Å². The smallest absolute Gasteiger partial charge is 0.252 e. The van der Waals surface area contributed by atoms with Crippen LogP contribution in [0.1, 0.15) is 124 Å². The molecule has 2 atom stereocenters. The van der Waals surface area contributed by atoms with Crippen LogP contribution in [0.25, 0.3) is 44.2 Å². The lowest BCUT2D eigenvalue weighted by atomic mass is 9.33. The van der Waals surface area contributed by atoms with E-state index in [9.17, 15) is 0 Å². The first-order valence-corrected chi connectivity index (χ1v) is 29.4. The monoisotopic (exact) mass is 1040 g/mol. The van der Waals surface area contributed by atoms with Gasteiger partial charge in [0.2, 0.25) is 0 Å². The molecule has 393 valence electrons. The molecule has 6 heteroatoms. The van der Waals surface area contributed by atoms with Crippen LogP contribution < -0.4 is 42.0 Å². The molecule has 0 bridgehead atoms. The first kappa shape index (κ1) is 49.4. The lowest BCUT2D eigenvalue weighted by Crippen LogP contribution is -2.62. The lowest BCUT2D eigenvalue weighted by molar-refractivity contribution is 0.195. The number of anilines is 8. The van der Waals surface area contributed by atoms with Crippen molar-refractivity contribution in [3.8, 4) is 22.3 Å². The molecule has 1 radical (unpaired) electrons. The maximum Gasteiger partial charge on any atom is 0.252 e. The number of rotatable bonds is 4. The molecule has 1 fully saturated rings. The Morgan fingerprint density at radius 3 is 1.89 bits per heavy atom. The van der Waals surface area contributed by atoms with Gasteiger partial charge in [0.15, 0.2) is 7.28 Å². The Labute approximate surface area is 474 Å². The van der Waals surface area contributed by atoms with Gasteiger partial charge in [-0.25, -0.2) is 0 Å². The van der Waals surface area contributed by atoms with Gasteiger partial charge in [0.25, 0.3) is 6.71 Å². The van der Waals surface area contributed by atoms with Crippen molar-refractivity contribution in [2.24, 2.45) is 0 Å². The van der Waals surface area contributed by atoms with Crippen molar-refractivity contribution >= 4 is 109 Å². The van der Waals surface area contributed by atoms with E-state index in [4.69, 9.17) is 4.42 Å². The first-order chi connectivity index (χ1) is 38.3. The molecule has 80 heavy (non-hydrogen) atoms. The third-order valence-corrected chi connectivity index (χ3v) is 19.7. The van der Waals surface area contributed by atoms with Crippen LogP contribution in [-0.4, -0.2) is 19.5 Å². The van der Waals surface area contributed by atoms with Crippen LogP contribution >= 0.6 is 0 Å². The Kier molecular flexibility index (Phi) is 10.4. The van der Waals surface area contributed by atoms with E-state index in [-0.39, 0.29) is 33.9 Å². The van der Waals surface area contributed by atoms with Crippen LogP contribution in [0, 0.1) is 0 Å². The highest BCUT2D eigenvalue weighted by Crippen LogP contribution is 2.63. The number of fused-ring (bicyclic) bond motifs is 14. The van der Waals surface area contributed by atoms with Crippen molar-refractivity contribution < 1.29 is 4.42 Å². The van der Waals surface area contributed by atoms with Gasteiger partial charge in [-0.3, -0.25) is 0 Å². The number of hydrogen-bond donors (Lipinski definition) is 0. The zero-order valence-corrected chi connectivity index (χ0v) is 48.5. The Hall–Kier alpha value is -7.69. The predicted molar refractivity (Wildman–Crippen MR) is 343 cm³/mol. The fourth-order valence-corrected chi connectivity index (χ4v) is 15.2. The van der Waals surface area contributed by atoms with Crippen LogP contribution in [0.3, 0.4) is 0 Å². The van der Waals surface area contributed by atoms with Gasteiger partial charge in [-0.1, -0.05) is 214 Å². The molecular weight excluding hydrogens is 968 g/mol. The molecule has 0 N–H and O–H groups in total. The van der Waals surface area contributed by atoms with Gasteiger partial charge in [0.05, 0.1) is 28.0 Å². The average Bonchev–Trinajstić information content (AvgIpc) is 4.25. The van der Waals surface area contributed by atoms with Crippen molar-refractivity contribution in [3.05, 3.63) is 198 Å². The quantitative estimate of drug-likeness (QED) is 0.164. The molecule has 1 aliphatic carbocycles. The molecule has 0 spiro atoms. The number of benzene rings is 9. The fraction of sp³-hybridized carbons (Fsp3) is 0.270. The van der Waals surface area contributed by atoms with Gasteiger partial charge < -0.3 is 19.1 Å². The van der Waals surface area contributed by atoms with E-state index in [1.165, 1.54) is 124 Å². The second-order valence-corrected chi connectivity index (χ2v) is 27.5. The SMILES string of the molecule is CC(C)(C)c1ccc2c(c1)B1c3ccc4oc5ccccc5c4c3N(c3ccc(C(C)(C)C)cc3-c3ccccc3)c3cc(N4c5ccc(C(C)(C)C)cc5C5(C)CCCCC45C)cc(c31)N2c1cccc2c1-c1ccccc1[B]2. The molecule has 1 aromatic heterocycles. The van der Waals surface area contributed by atoms with Crippen LogP contribution in [0.2, 0.25) is 0 Å². The highest BCUT2D eigenvalue weighted by Gasteiger charge is 2.58. The molecule has 10 aromatic rings. The van der Waals surface area contributed by atoms with Crippen molar-refractivity contribution in [3.63, 3.8) is 0 Å². The zero-order valence-electron chi connectivity index (χ0n) is 48.5. The van der Waals surface area contributed by atoms with E-state index in [1.54, 1.807) is 0 Å². The lowest BCUT2D eigenvalue weighted by Gasteiger charge is -2.51. The minimum Gasteiger partial charge on any atom is -0.456 e. The summed E-state index contributed by atoms with van der Waals surface area (Å²) < 4.78 is 6.97. The number of nitrogens with zero attached hydrogens (tertiary/aromatic N) is 3. The maximum absolute atomic E-state index is 6.97. The van der Waals surface area contributed by atoms with Gasteiger partial charge in [-0.2, -0.15) is 0 Å². The Bertz CT molecular complexity index is 4250. The van der Waals surface area contributed by atoms with E-state index in [0.29, 0.717) is 0 Å².